The van der Waals surface area contributed by atoms with Crippen molar-refractivity contribution in [2.75, 3.05) is 124 Å². The number of morpholine rings is 1. The normalized spacial score (nSPS) is 17.9. The summed E-state index contributed by atoms with van der Waals surface area (Å²) in [4.78, 5) is 95.4. The molecule has 26 heteroatoms. The standard InChI is InChI=1S/C40H43Cl2N7O7.C16H30N4O6/c1-40(2)21-55-12-11-48(40)39(53)36-31-20-56-34-19-33(54-3)29(17-30(34)37(31)49(46-36)28-15-24(41)14-25(42)16-28)23-5-4-6-27(13-23)44-35(51)18-32(43)38(52)45-26-7-9-47(22-50)10-8-26;1-2-17-3-5-18(11-14(21)22)7-9-20(13-16(25)26)10-8-19(6-4-17)12-15(23)24/h4-6,13-17,19,22,26,32H,7-12,18,20-21,43H2,1-3H3,(H,44,51)(H,45,52);2-13H2,1H3,(H,21,22)(H,23,24)(H,25,26). The number of halogens is 2. The number of nitrogens with two attached hydrogens (primary N) is 1. The fourth-order valence-corrected chi connectivity index (χ4v) is 10.8. The van der Waals surface area contributed by atoms with Crippen molar-refractivity contribution in [1.82, 2.24) is 44.5 Å². The lowest BCUT2D eigenvalue weighted by molar-refractivity contribution is -0.140. The van der Waals surface area contributed by atoms with E-state index in [4.69, 9.17) is 63.6 Å². The maximum atomic E-state index is 14.3. The Hall–Kier alpha value is -6.90. The summed E-state index contributed by atoms with van der Waals surface area (Å²) in [6, 6.07) is 14.8. The molecule has 0 aliphatic carbocycles. The van der Waals surface area contributed by atoms with Gasteiger partial charge in [-0.25, -0.2) is 4.68 Å². The molecule has 4 aliphatic heterocycles. The van der Waals surface area contributed by atoms with Gasteiger partial charge in [-0.3, -0.25) is 48.3 Å². The van der Waals surface area contributed by atoms with Crippen LogP contribution in [0.2, 0.25) is 10.0 Å². The lowest BCUT2D eigenvalue weighted by Crippen LogP contribution is -2.55. The molecule has 1 aromatic heterocycles. The zero-order valence-electron chi connectivity index (χ0n) is 46.6. The largest absolute Gasteiger partial charge is 0.496 e. The predicted molar refractivity (Wildman–Crippen MR) is 306 cm³/mol. The van der Waals surface area contributed by atoms with Crippen LogP contribution in [0, 0.1) is 0 Å². The number of likely N-dealkylation sites (tertiary alicyclic amines) is 1. The first-order valence-corrected chi connectivity index (χ1v) is 27.9. The van der Waals surface area contributed by atoms with E-state index in [0.29, 0.717) is 159 Å². The summed E-state index contributed by atoms with van der Waals surface area (Å²) in [6.07, 6.45) is 1.82. The van der Waals surface area contributed by atoms with Gasteiger partial charge in [0.05, 0.1) is 69.3 Å². The summed E-state index contributed by atoms with van der Waals surface area (Å²) in [5, 5.41) is 38.7. The fraction of sp³-hybridized carbons (Fsp3) is 0.500. The topological polar surface area (TPSA) is 295 Å². The van der Waals surface area contributed by atoms with Crippen LogP contribution in [0.25, 0.3) is 28.1 Å². The zero-order valence-corrected chi connectivity index (χ0v) is 48.1. The molecule has 4 aromatic rings. The van der Waals surface area contributed by atoms with Crippen molar-refractivity contribution in [3.05, 3.63) is 75.9 Å². The second-order valence-corrected chi connectivity index (χ2v) is 22.1. The van der Waals surface area contributed by atoms with Crippen LogP contribution < -0.4 is 25.8 Å². The molecule has 0 spiro atoms. The van der Waals surface area contributed by atoms with Crippen LogP contribution >= 0.6 is 23.2 Å². The molecule has 3 fully saturated rings. The van der Waals surface area contributed by atoms with Gasteiger partial charge in [-0.2, -0.15) is 5.10 Å². The van der Waals surface area contributed by atoms with Gasteiger partial charge in [0.1, 0.15) is 18.1 Å². The SMILES string of the molecule is CCN1CCN(CC(=O)O)CCN(CC(=O)O)CCN(CC(=O)O)CC1.COc1cc2c(cc1-c1cccc(NC(=O)CC(N)C(=O)NC3CCN(C=O)CC3)c1)-c1c(c(C(=O)N3CCOCC3(C)C)nn1-c1cc(Cl)cc(Cl)c1)CO2. The highest BCUT2D eigenvalue weighted by atomic mass is 35.5. The van der Waals surface area contributed by atoms with E-state index in [9.17, 15) is 33.6 Å². The number of carbonyl (C=O) groups excluding carboxylic acids is 4. The summed E-state index contributed by atoms with van der Waals surface area (Å²) in [7, 11) is 1.56. The highest BCUT2D eigenvalue weighted by molar-refractivity contribution is 6.34. The van der Waals surface area contributed by atoms with E-state index < -0.39 is 41.3 Å². The molecule has 82 heavy (non-hydrogen) atoms. The molecule has 4 amide bonds. The van der Waals surface area contributed by atoms with E-state index in [-0.39, 0.29) is 50.3 Å². The van der Waals surface area contributed by atoms with Gasteiger partial charge in [0.25, 0.3) is 5.91 Å². The number of carboxylic acids is 3. The Kier molecular flexibility index (Phi) is 22.1. The molecule has 0 radical (unpaired) electrons. The molecule has 0 saturated carbocycles. The van der Waals surface area contributed by atoms with Crippen molar-refractivity contribution in [2.45, 2.75) is 64.3 Å². The van der Waals surface area contributed by atoms with Gasteiger partial charge < -0.3 is 60.6 Å². The van der Waals surface area contributed by atoms with E-state index >= 15 is 0 Å². The first-order chi connectivity index (χ1) is 39.1. The number of hydrogen-bond acceptors (Lipinski definition) is 16. The molecular weight excluding hydrogens is 1110 g/mol. The minimum Gasteiger partial charge on any atom is -0.496 e. The van der Waals surface area contributed by atoms with Crippen molar-refractivity contribution in [2.24, 2.45) is 5.73 Å². The van der Waals surface area contributed by atoms with Gasteiger partial charge in [0, 0.05) is 117 Å². The number of benzene rings is 3. The number of anilines is 1. The number of ether oxygens (including phenoxy) is 3. The number of rotatable bonds is 17. The van der Waals surface area contributed by atoms with Crippen LogP contribution in [-0.4, -0.2) is 233 Å². The second kappa shape index (κ2) is 28.9. The maximum absolute atomic E-state index is 14.3. The number of piperidine rings is 1. The molecule has 3 aromatic carbocycles. The van der Waals surface area contributed by atoms with E-state index in [0.717, 1.165) is 13.0 Å². The summed E-state index contributed by atoms with van der Waals surface area (Å²) in [6.45, 7) is 13.1. The summed E-state index contributed by atoms with van der Waals surface area (Å²) < 4.78 is 19.5. The molecule has 7 N–H and O–H groups in total. The van der Waals surface area contributed by atoms with Gasteiger partial charge in [0.2, 0.25) is 18.2 Å². The van der Waals surface area contributed by atoms with Crippen LogP contribution in [0.1, 0.15) is 56.1 Å². The quantitative estimate of drug-likeness (QED) is 0.0824. The fourth-order valence-electron chi connectivity index (χ4n) is 10.3. The minimum absolute atomic E-state index is 0.0755. The Morgan fingerprint density at radius 1 is 0.805 bits per heavy atom. The smallest absolute Gasteiger partial charge is 0.317 e. The molecule has 24 nitrogen and oxygen atoms in total. The molecule has 1 atom stereocenters. The number of aliphatic carboxylic acids is 3. The molecule has 1 unspecified atom stereocenters. The highest BCUT2D eigenvalue weighted by Gasteiger charge is 2.40. The lowest BCUT2D eigenvalue weighted by Gasteiger charge is -2.41. The van der Waals surface area contributed by atoms with Gasteiger partial charge in [-0.1, -0.05) is 42.3 Å². The first-order valence-electron chi connectivity index (χ1n) is 27.2. The van der Waals surface area contributed by atoms with Crippen LogP contribution in [0.15, 0.2) is 54.6 Å². The number of carboxylic acid groups (broad SMARTS) is 3. The third kappa shape index (κ3) is 16.9. The molecular formula is C56H73Cl2N11O13. The highest BCUT2D eigenvalue weighted by Crippen LogP contribution is 2.47. The lowest BCUT2D eigenvalue weighted by atomic mass is 9.95. The Labute approximate surface area is 485 Å². The zero-order chi connectivity index (χ0) is 59.3. The Morgan fingerprint density at radius 2 is 1.39 bits per heavy atom. The Balaban J connectivity index is 0.000000313. The molecule has 4 aliphatic rings. The Morgan fingerprint density at radius 3 is 1.93 bits per heavy atom. The first kappa shape index (κ1) is 62.7. The number of methoxy groups -OCH3 is 1. The van der Waals surface area contributed by atoms with Crippen LogP contribution in [-0.2, 0) is 40.1 Å². The maximum Gasteiger partial charge on any atom is 0.317 e. The van der Waals surface area contributed by atoms with Crippen LogP contribution in [0.5, 0.6) is 11.5 Å². The number of nitrogens with zero attached hydrogens (tertiary/aromatic N) is 8. The van der Waals surface area contributed by atoms with Crippen molar-refractivity contribution >= 4 is 70.9 Å². The van der Waals surface area contributed by atoms with Crippen molar-refractivity contribution < 1.29 is 63.1 Å². The molecule has 444 valence electrons. The number of carbonyl (C=O) groups is 7. The van der Waals surface area contributed by atoms with E-state index in [1.807, 2.05) is 42.7 Å². The van der Waals surface area contributed by atoms with Crippen molar-refractivity contribution in [1.29, 1.82) is 0 Å². The van der Waals surface area contributed by atoms with Crippen LogP contribution in [0.4, 0.5) is 5.69 Å². The summed E-state index contributed by atoms with van der Waals surface area (Å²) in [5.41, 5.74) is 10.1. The average molecular weight is 1180 g/mol. The number of fused-ring (bicyclic) bond motifs is 3. The number of aromatic nitrogens is 2. The molecule has 5 heterocycles. The van der Waals surface area contributed by atoms with Crippen LogP contribution in [0.3, 0.4) is 0 Å². The van der Waals surface area contributed by atoms with E-state index in [2.05, 4.69) is 15.5 Å². The number of nitrogens with one attached hydrogen (secondary N) is 2. The molecule has 3 saturated heterocycles. The van der Waals surface area contributed by atoms with E-state index in [1.54, 1.807) is 69.0 Å². The Bertz CT molecular complexity index is 2900. The monoisotopic (exact) mass is 1180 g/mol. The predicted octanol–water partition coefficient (Wildman–Crippen LogP) is 3.54. The number of amides is 4. The number of likely N-dealkylation sites (N-methyl/N-ethyl adjacent to an activating group) is 1. The number of hydrogen-bond donors (Lipinski definition) is 6. The average Bonchev–Trinajstić information content (AvgIpc) is 2.21. The van der Waals surface area contributed by atoms with Crippen molar-refractivity contribution in [3.8, 4) is 39.6 Å². The van der Waals surface area contributed by atoms with Gasteiger partial charge >= 0.3 is 17.9 Å². The van der Waals surface area contributed by atoms with E-state index in [1.165, 1.54) is 0 Å². The molecule has 8 rings (SSSR count). The second-order valence-electron chi connectivity index (χ2n) is 21.2. The van der Waals surface area contributed by atoms with Gasteiger partial charge in [0.15, 0.2) is 5.69 Å². The third-order valence-electron chi connectivity index (χ3n) is 14.8. The van der Waals surface area contributed by atoms with Gasteiger partial charge in [-0.05, 0) is 75.2 Å². The van der Waals surface area contributed by atoms with Gasteiger partial charge in [-0.15, -0.1) is 0 Å². The summed E-state index contributed by atoms with van der Waals surface area (Å²) >= 11 is 13.0. The minimum atomic E-state index is -1.05. The third-order valence-corrected chi connectivity index (χ3v) is 15.2. The molecule has 0 bridgehead atoms. The van der Waals surface area contributed by atoms with Crippen molar-refractivity contribution in [3.63, 3.8) is 0 Å². The summed E-state index contributed by atoms with van der Waals surface area (Å²) in [5.74, 6) is -2.83.